The van der Waals surface area contributed by atoms with Crippen molar-refractivity contribution in [3.8, 4) is 0 Å². The molecule has 0 aliphatic carbocycles. The number of aromatic nitrogens is 4. The third-order valence-electron chi connectivity index (χ3n) is 6.28. The second-order valence-corrected chi connectivity index (χ2v) is 8.35. The van der Waals surface area contributed by atoms with E-state index in [9.17, 15) is 4.79 Å². The van der Waals surface area contributed by atoms with E-state index < -0.39 is 0 Å². The van der Waals surface area contributed by atoms with E-state index in [1.165, 1.54) is 0 Å². The van der Waals surface area contributed by atoms with Crippen molar-refractivity contribution in [1.82, 2.24) is 29.7 Å². The molecule has 2 aliphatic rings. The Labute approximate surface area is 187 Å². The Morgan fingerprint density at radius 2 is 1.72 bits per heavy atom. The molecule has 0 unspecified atom stereocenters. The molecule has 2 fully saturated rings. The second kappa shape index (κ2) is 10.4. The molecule has 10 heteroatoms. The summed E-state index contributed by atoms with van der Waals surface area (Å²) in [6.45, 7) is 4.05. The summed E-state index contributed by atoms with van der Waals surface area (Å²) in [5.74, 6) is 0.875. The van der Waals surface area contributed by atoms with Crippen LogP contribution in [0.4, 0.5) is 5.95 Å². The summed E-state index contributed by atoms with van der Waals surface area (Å²) in [4.78, 5) is 39.2. The van der Waals surface area contributed by atoms with E-state index >= 15 is 0 Å². The monoisotopic (exact) mass is 438 g/mol. The third-order valence-corrected chi connectivity index (χ3v) is 6.28. The Hall–Kier alpha value is -3.14. The minimum atomic E-state index is 0.0950. The average molecular weight is 439 g/mol. The van der Waals surface area contributed by atoms with Gasteiger partial charge >= 0.3 is 0 Å². The van der Waals surface area contributed by atoms with Crippen LogP contribution < -0.4 is 5.73 Å². The number of hydrogen-bond donors (Lipinski definition) is 1. The van der Waals surface area contributed by atoms with E-state index in [0.29, 0.717) is 5.95 Å². The van der Waals surface area contributed by atoms with Gasteiger partial charge in [0.2, 0.25) is 11.9 Å². The number of carbonyl (C=O) groups excluding carboxylic acids is 1. The van der Waals surface area contributed by atoms with Gasteiger partial charge in [-0.2, -0.15) is 0 Å². The van der Waals surface area contributed by atoms with Crippen molar-refractivity contribution in [2.45, 2.75) is 32.2 Å². The first kappa shape index (κ1) is 22.1. The van der Waals surface area contributed by atoms with Crippen LogP contribution in [0, 0.1) is 11.8 Å². The zero-order valence-electron chi connectivity index (χ0n) is 18.4. The summed E-state index contributed by atoms with van der Waals surface area (Å²) in [6, 6.07) is 0. The highest BCUT2D eigenvalue weighted by molar-refractivity contribution is 6.00. The van der Waals surface area contributed by atoms with Gasteiger partial charge in [-0.25, -0.2) is 9.97 Å². The van der Waals surface area contributed by atoms with E-state index in [-0.39, 0.29) is 17.7 Å². The lowest BCUT2D eigenvalue weighted by Gasteiger charge is -2.37. The number of anilines is 1. The molecule has 1 amide bonds. The Bertz CT molecular complexity index is 905. The summed E-state index contributed by atoms with van der Waals surface area (Å²) < 4.78 is 0. The number of amides is 1. The lowest BCUT2D eigenvalue weighted by molar-refractivity contribution is -0.138. The first-order valence-corrected chi connectivity index (χ1v) is 11.1. The quantitative estimate of drug-likeness (QED) is 0.530. The lowest BCUT2D eigenvalue weighted by atomic mass is 9.88. The van der Waals surface area contributed by atoms with Gasteiger partial charge in [0.1, 0.15) is 18.5 Å². The van der Waals surface area contributed by atoms with Crippen LogP contribution in [0.3, 0.4) is 0 Å². The van der Waals surface area contributed by atoms with E-state index in [1.807, 2.05) is 4.90 Å². The SMILES string of the molecule is CO/N=C(\c1cnccn1)C1CCN(C(=O)C2CCN(Cc3cnc(N)nc3)CC2)CC1. The zero-order valence-corrected chi connectivity index (χ0v) is 18.4. The van der Waals surface area contributed by atoms with Crippen molar-refractivity contribution in [2.24, 2.45) is 17.0 Å². The molecule has 2 aromatic heterocycles. The normalized spacial score (nSPS) is 19.2. The molecule has 2 N–H and O–H groups in total. The highest BCUT2D eigenvalue weighted by Crippen LogP contribution is 2.26. The molecule has 0 saturated carbocycles. The minimum absolute atomic E-state index is 0.0950. The largest absolute Gasteiger partial charge is 0.399 e. The molecule has 2 saturated heterocycles. The summed E-state index contributed by atoms with van der Waals surface area (Å²) in [6.07, 6.45) is 12.0. The summed E-state index contributed by atoms with van der Waals surface area (Å²) in [5.41, 5.74) is 8.15. The molecule has 4 rings (SSSR count). The zero-order chi connectivity index (χ0) is 22.3. The highest BCUT2D eigenvalue weighted by atomic mass is 16.6. The number of nitrogen functional groups attached to an aromatic ring is 1. The van der Waals surface area contributed by atoms with Gasteiger partial charge < -0.3 is 15.5 Å². The van der Waals surface area contributed by atoms with E-state index in [2.05, 4.69) is 30.0 Å². The molecule has 0 spiro atoms. The van der Waals surface area contributed by atoms with Gasteiger partial charge in [-0.1, -0.05) is 5.16 Å². The van der Waals surface area contributed by atoms with Crippen molar-refractivity contribution in [3.05, 3.63) is 42.2 Å². The van der Waals surface area contributed by atoms with Crippen molar-refractivity contribution in [3.63, 3.8) is 0 Å². The molecular weight excluding hydrogens is 408 g/mol. The van der Waals surface area contributed by atoms with Gasteiger partial charge in [0, 0.05) is 61.8 Å². The predicted molar refractivity (Wildman–Crippen MR) is 119 cm³/mol. The first-order valence-electron chi connectivity index (χ1n) is 11.1. The molecule has 0 atom stereocenters. The second-order valence-electron chi connectivity index (χ2n) is 8.35. The van der Waals surface area contributed by atoms with Crippen molar-refractivity contribution < 1.29 is 9.63 Å². The van der Waals surface area contributed by atoms with E-state index in [4.69, 9.17) is 10.6 Å². The molecule has 2 aliphatic heterocycles. The molecule has 0 radical (unpaired) electrons. The molecule has 170 valence electrons. The molecule has 2 aromatic rings. The Kier molecular flexibility index (Phi) is 7.21. The fourth-order valence-electron chi connectivity index (χ4n) is 4.53. The van der Waals surface area contributed by atoms with Crippen molar-refractivity contribution >= 4 is 17.6 Å². The summed E-state index contributed by atoms with van der Waals surface area (Å²) >= 11 is 0. The molecular formula is C22H30N8O2. The van der Waals surface area contributed by atoms with Crippen LogP contribution in [-0.4, -0.2) is 74.6 Å². The topological polar surface area (TPSA) is 123 Å². The third kappa shape index (κ3) is 5.37. The maximum Gasteiger partial charge on any atom is 0.225 e. The number of nitrogens with zero attached hydrogens (tertiary/aromatic N) is 7. The van der Waals surface area contributed by atoms with Crippen molar-refractivity contribution in [1.29, 1.82) is 0 Å². The van der Waals surface area contributed by atoms with E-state index in [0.717, 1.165) is 75.4 Å². The fraction of sp³-hybridized carbons (Fsp3) is 0.545. The summed E-state index contributed by atoms with van der Waals surface area (Å²) in [5, 5.41) is 4.21. The van der Waals surface area contributed by atoms with Gasteiger partial charge in [-0.15, -0.1) is 0 Å². The van der Waals surface area contributed by atoms with Gasteiger partial charge in [-0.3, -0.25) is 19.7 Å². The molecule has 32 heavy (non-hydrogen) atoms. The molecule has 0 bridgehead atoms. The van der Waals surface area contributed by atoms with Gasteiger partial charge in [0.25, 0.3) is 0 Å². The van der Waals surface area contributed by atoms with Crippen molar-refractivity contribution in [2.75, 3.05) is 39.0 Å². The smallest absolute Gasteiger partial charge is 0.225 e. The number of nitrogens with two attached hydrogens (primary N) is 1. The van der Waals surface area contributed by atoms with Crippen LogP contribution in [0.15, 0.2) is 36.1 Å². The van der Waals surface area contributed by atoms with Crippen LogP contribution in [0.1, 0.15) is 36.9 Å². The molecule has 4 heterocycles. The number of likely N-dealkylation sites (tertiary alicyclic amines) is 2. The fourth-order valence-corrected chi connectivity index (χ4v) is 4.53. The number of oxime groups is 1. The minimum Gasteiger partial charge on any atom is -0.399 e. The Balaban J connectivity index is 1.26. The number of piperidine rings is 2. The van der Waals surface area contributed by atoms with Crippen LogP contribution in [0.2, 0.25) is 0 Å². The molecule has 10 nitrogen and oxygen atoms in total. The van der Waals surface area contributed by atoms with Crippen LogP contribution in [-0.2, 0) is 16.2 Å². The highest BCUT2D eigenvalue weighted by Gasteiger charge is 2.32. The Morgan fingerprint density at radius 1 is 1.03 bits per heavy atom. The lowest BCUT2D eigenvalue weighted by Crippen LogP contribution is -2.46. The number of carbonyl (C=O) groups is 1. The van der Waals surface area contributed by atoms with Gasteiger partial charge in [0.05, 0.1) is 6.20 Å². The summed E-state index contributed by atoms with van der Waals surface area (Å²) in [7, 11) is 1.54. The number of hydrogen-bond acceptors (Lipinski definition) is 9. The van der Waals surface area contributed by atoms with Crippen LogP contribution in [0.5, 0.6) is 0 Å². The predicted octanol–water partition coefficient (Wildman–Crippen LogP) is 1.35. The first-order chi connectivity index (χ1) is 15.6. The maximum atomic E-state index is 13.1. The van der Waals surface area contributed by atoms with E-state index in [1.54, 1.807) is 38.1 Å². The molecule has 0 aromatic carbocycles. The van der Waals surface area contributed by atoms with Crippen LogP contribution >= 0.6 is 0 Å². The van der Waals surface area contributed by atoms with Gasteiger partial charge in [0.15, 0.2) is 0 Å². The van der Waals surface area contributed by atoms with Gasteiger partial charge in [-0.05, 0) is 38.8 Å². The van der Waals surface area contributed by atoms with Crippen LogP contribution in [0.25, 0.3) is 0 Å². The standard InChI is InChI=1S/C22H30N8O2/c1-32-28-20(19-14-24-6-7-25-19)17-4-10-30(11-5-17)21(31)18-2-8-29(9-3-18)15-16-12-26-22(23)27-13-16/h6-7,12-14,17-18H,2-5,8-11,15H2,1H3,(H2,23,26,27)/b28-20-. The Morgan fingerprint density at radius 3 is 2.34 bits per heavy atom. The number of rotatable bonds is 6. The average Bonchev–Trinajstić information content (AvgIpc) is 2.85. The maximum absolute atomic E-state index is 13.1.